The molecule has 0 aliphatic heterocycles. The third-order valence-electron chi connectivity index (χ3n) is 2.23. The van der Waals surface area contributed by atoms with Crippen LogP contribution < -0.4 is 0 Å². The van der Waals surface area contributed by atoms with Gasteiger partial charge in [0.25, 0.3) is 0 Å². The lowest BCUT2D eigenvalue weighted by Crippen LogP contribution is -2.10. The Labute approximate surface area is 74.1 Å². The Bertz CT molecular complexity index is 216. The van der Waals surface area contributed by atoms with Crippen LogP contribution in [0.1, 0.15) is 25.3 Å². The lowest BCUT2D eigenvalue weighted by Gasteiger charge is -2.18. The van der Waals surface area contributed by atoms with Gasteiger partial charge >= 0.3 is 0 Å². The highest BCUT2D eigenvalue weighted by molar-refractivity contribution is 5.19. The second-order valence-corrected chi connectivity index (χ2v) is 3.44. The third kappa shape index (κ3) is 2.08. The Morgan fingerprint density at radius 1 is 1.17 bits per heavy atom. The molecule has 1 aromatic rings. The maximum atomic E-state index is 9.15. The summed E-state index contributed by atoms with van der Waals surface area (Å²) in [7, 11) is 0. The molecule has 0 heterocycles. The molecule has 0 amide bonds. The molecule has 0 saturated heterocycles. The van der Waals surface area contributed by atoms with Crippen molar-refractivity contribution in [2.45, 2.75) is 19.8 Å². The standard InChI is InChI=1S/C11H16O/c1-9(2)11(8-12)10-6-4-3-5-7-10/h3-7,9,11-12H,8H2,1-2H3. The van der Waals surface area contributed by atoms with Crippen LogP contribution in [0.3, 0.4) is 0 Å². The van der Waals surface area contributed by atoms with Crippen molar-refractivity contribution in [3.05, 3.63) is 35.9 Å². The second-order valence-electron chi connectivity index (χ2n) is 3.44. The maximum Gasteiger partial charge on any atom is 0.0502 e. The number of benzene rings is 1. The van der Waals surface area contributed by atoms with Gasteiger partial charge in [-0.1, -0.05) is 44.2 Å². The van der Waals surface area contributed by atoms with Crippen molar-refractivity contribution in [1.29, 1.82) is 0 Å². The van der Waals surface area contributed by atoms with Crippen molar-refractivity contribution >= 4 is 0 Å². The molecule has 1 heteroatoms. The highest BCUT2D eigenvalue weighted by Gasteiger charge is 2.13. The number of aliphatic hydroxyl groups is 1. The molecule has 1 atom stereocenters. The van der Waals surface area contributed by atoms with E-state index in [4.69, 9.17) is 5.11 Å². The van der Waals surface area contributed by atoms with Crippen LogP contribution in [-0.2, 0) is 0 Å². The molecule has 1 N–H and O–H groups in total. The Hall–Kier alpha value is -0.820. The maximum absolute atomic E-state index is 9.15. The van der Waals surface area contributed by atoms with Gasteiger partial charge in [0.05, 0.1) is 6.61 Å². The average molecular weight is 164 g/mol. The summed E-state index contributed by atoms with van der Waals surface area (Å²) in [4.78, 5) is 0. The highest BCUT2D eigenvalue weighted by Crippen LogP contribution is 2.22. The van der Waals surface area contributed by atoms with Crippen LogP contribution in [-0.4, -0.2) is 11.7 Å². The quantitative estimate of drug-likeness (QED) is 0.727. The summed E-state index contributed by atoms with van der Waals surface area (Å²) in [5.41, 5.74) is 1.23. The van der Waals surface area contributed by atoms with E-state index in [1.54, 1.807) is 0 Å². The van der Waals surface area contributed by atoms with Crippen LogP contribution in [0, 0.1) is 5.92 Å². The summed E-state index contributed by atoms with van der Waals surface area (Å²) in [5, 5.41) is 9.15. The lowest BCUT2D eigenvalue weighted by atomic mass is 9.89. The molecule has 1 unspecified atom stereocenters. The topological polar surface area (TPSA) is 20.2 Å². The molecule has 0 aliphatic carbocycles. The molecule has 12 heavy (non-hydrogen) atoms. The molecule has 0 saturated carbocycles. The zero-order valence-corrected chi connectivity index (χ0v) is 7.70. The van der Waals surface area contributed by atoms with E-state index in [-0.39, 0.29) is 12.5 Å². The Balaban J connectivity index is 2.80. The monoisotopic (exact) mass is 164 g/mol. The molecule has 0 radical (unpaired) electrons. The smallest absolute Gasteiger partial charge is 0.0502 e. The van der Waals surface area contributed by atoms with Gasteiger partial charge in [0.2, 0.25) is 0 Å². The van der Waals surface area contributed by atoms with Crippen molar-refractivity contribution < 1.29 is 5.11 Å². The van der Waals surface area contributed by atoms with Crippen molar-refractivity contribution in [3.63, 3.8) is 0 Å². The summed E-state index contributed by atoms with van der Waals surface area (Å²) < 4.78 is 0. The molecule has 1 aromatic carbocycles. The molecule has 0 aliphatic rings. The molecule has 0 bridgehead atoms. The molecule has 0 spiro atoms. The normalized spacial score (nSPS) is 13.3. The van der Waals surface area contributed by atoms with Crippen LogP contribution in [0.25, 0.3) is 0 Å². The average Bonchev–Trinajstić information content (AvgIpc) is 2.07. The molecule has 0 fully saturated rings. The first-order valence-electron chi connectivity index (χ1n) is 4.41. The van der Waals surface area contributed by atoms with Gasteiger partial charge in [0.1, 0.15) is 0 Å². The van der Waals surface area contributed by atoms with Crippen LogP contribution >= 0.6 is 0 Å². The van der Waals surface area contributed by atoms with E-state index in [2.05, 4.69) is 26.0 Å². The van der Waals surface area contributed by atoms with Crippen LogP contribution in [0.5, 0.6) is 0 Å². The van der Waals surface area contributed by atoms with Crippen molar-refractivity contribution in [1.82, 2.24) is 0 Å². The van der Waals surface area contributed by atoms with Gasteiger partial charge in [-0.3, -0.25) is 0 Å². The summed E-state index contributed by atoms with van der Waals surface area (Å²) in [6, 6.07) is 10.2. The Morgan fingerprint density at radius 2 is 1.75 bits per heavy atom. The van der Waals surface area contributed by atoms with Crippen LogP contribution in [0.4, 0.5) is 0 Å². The minimum atomic E-state index is 0.238. The molecule has 0 aromatic heterocycles. The Morgan fingerprint density at radius 3 is 2.17 bits per heavy atom. The molecule has 1 nitrogen and oxygen atoms in total. The van der Waals surface area contributed by atoms with Gasteiger partial charge < -0.3 is 5.11 Å². The minimum absolute atomic E-state index is 0.238. The molecular weight excluding hydrogens is 148 g/mol. The van der Waals surface area contributed by atoms with Crippen molar-refractivity contribution in [2.24, 2.45) is 5.92 Å². The van der Waals surface area contributed by atoms with Crippen LogP contribution in [0.15, 0.2) is 30.3 Å². The number of hydrogen-bond donors (Lipinski definition) is 1. The number of aliphatic hydroxyl groups excluding tert-OH is 1. The molecular formula is C11H16O. The predicted octanol–water partition coefficient (Wildman–Crippen LogP) is 2.42. The first-order valence-corrected chi connectivity index (χ1v) is 4.41. The summed E-state index contributed by atoms with van der Waals surface area (Å²) in [6.07, 6.45) is 0. The Kier molecular flexibility index (Phi) is 3.30. The largest absolute Gasteiger partial charge is 0.396 e. The van der Waals surface area contributed by atoms with E-state index in [9.17, 15) is 0 Å². The van der Waals surface area contributed by atoms with Crippen LogP contribution in [0.2, 0.25) is 0 Å². The highest BCUT2D eigenvalue weighted by atomic mass is 16.3. The van der Waals surface area contributed by atoms with Gasteiger partial charge in [0, 0.05) is 5.92 Å². The third-order valence-corrected chi connectivity index (χ3v) is 2.23. The van der Waals surface area contributed by atoms with Crippen molar-refractivity contribution in [3.8, 4) is 0 Å². The zero-order chi connectivity index (χ0) is 8.97. The number of rotatable bonds is 3. The molecule has 66 valence electrons. The first-order chi connectivity index (χ1) is 5.75. The fourth-order valence-corrected chi connectivity index (χ4v) is 1.40. The summed E-state index contributed by atoms with van der Waals surface area (Å²) >= 11 is 0. The van der Waals surface area contributed by atoms with Gasteiger partial charge in [-0.2, -0.15) is 0 Å². The van der Waals surface area contributed by atoms with E-state index >= 15 is 0 Å². The fraction of sp³-hybridized carbons (Fsp3) is 0.455. The van der Waals surface area contributed by atoms with E-state index in [1.165, 1.54) is 5.56 Å². The lowest BCUT2D eigenvalue weighted by molar-refractivity contribution is 0.237. The van der Waals surface area contributed by atoms with Gasteiger partial charge in [-0.15, -0.1) is 0 Å². The zero-order valence-electron chi connectivity index (χ0n) is 7.70. The SMILES string of the molecule is CC(C)C(CO)c1ccccc1. The fourth-order valence-electron chi connectivity index (χ4n) is 1.40. The predicted molar refractivity (Wildman–Crippen MR) is 51.1 cm³/mol. The van der Waals surface area contributed by atoms with Gasteiger partial charge in [-0.25, -0.2) is 0 Å². The van der Waals surface area contributed by atoms with E-state index in [0.717, 1.165) is 0 Å². The van der Waals surface area contributed by atoms with E-state index < -0.39 is 0 Å². The van der Waals surface area contributed by atoms with E-state index in [0.29, 0.717) is 5.92 Å². The summed E-state index contributed by atoms with van der Waals surface area (Å²) in [5.74, 6) is 0.781. The molecule has 1 rings (SSSR count). The summed E-state index contributed by atoms with van der Waals surface area (Å²) in [6.45, 7) is 4.50. The van der Waals surface area contributed by atoms with E-state index in [1.807, 2.05) is 18.2 Å². The first kappa shape index (κ1) is 9.27. The van der Waals surface area contributed by atoms with Gasteiger partial charge in [-0.05, 0) is 11.5 Å². The number of hydrogen-bond acceptors (Lipinski definition) is 1. The second kappa shape index (κ2) is 4.27. The van der Waals surface area contributed by atoms with Crippen molar-refractivity contribution in [2.75, 3.05) is 6.61 Å². The minimum Gasteiger partial charge on any atom is -0.396 e. The van der Waals surface area contributed by atoms with Gasteiger partial charge in [0.15, 0.2) is 0 Å².